The van der Waals surface area contributed by atoms with Crippen LogP contribution in [0.25, 0.3) is 0 Å². The monoisotopic (exact) mass is 334 g/mol. The number of rotatable bonds is 6. The van der Waals surface area contributed by atoms with Gasteiger partial charge in [0.15, 0.2) is 6.73 Å². The molecule has 6 nitrogen and oxygen atoms in total. The van der Waals surface area contributed by atoms with Gasteiger partial charge in [-0.1, -0.05) is 23.7 Å². The first-order valence-electron chi connectivity index (χ1n) is 6.77. The van der Waals surface area contributed by atoms with Crippen molar-refractivity contribution in [1.29, 1.82) is 0 Å². The fourth-order valence-corrected chi connectivity index (χ4v) is 1.90. The van der Waals surface area contributed by atoms with Gasteiger partial charge in [-0.25, -0.2) is 4.79 Å². The first-order valence-corrected chi connectivity index (χ1v) is 7.14. The van der Waals surface area contributed by atoms with Crippen LogP contribution in [0.4, 0.5) is 10.5 Å². The summed E-state index contributed by atoms with van der Waals surface area (Å²) in [6.07, 6.45) is -0.0542. The topological polar surface area (TPSA) is 87.7 Å². The van der Waals surface area contributed by atoms with Crippen molar-refractivity contribution in [1.82, 2.24) is 5.32 Å². The summed E-state index contributed by atoms with van der Waals surface area (Å²) in [7, 11) is 0. The molecule has 3 N–H and O–H groups in total. The second kappa shape index (κ2) is 8.05. The van der Waals surface area contributed by atoms with E-state index in [0.717, 1.165) is 0 Å². The van der Waals surface area contributed by atoms with Crippen LogP contribution in [0, 0.1) is 0 Å². The normalized spacial score (nSPS) is 9.96. The van der Waals surface area contributed by atoms with E-state index in [1.807, 2.05) is 0 Å². The zero-order valence-electron chi connectivity index (χ0n) is 12.1. The van der Waals surface area contributed by atoms with Gasteiger partial charge in [-0.2, -0.15) is 0 Å². The third-order valence-corrected chi connectivity index (χ3v) is 3.10. The van der Waals surface area contributed by atoms with Crippen molar-refractivity contribution in [2.75, 3.05) is 12.0 Å². The summed E-state index contributed by atoms with van der Waals surface area (Å²) in [5.74, 6) is -0.310. The highest BCUT2D eigenvalue weighted by atomic mass is 35.5. The van der Waals surface area contributed by atoms with E-state index in [2.05, 4.69) is 10.6 Å². The molecule has 0 unspecified atom stereocenters. The van der Waals surface area contributed by atoms with Crippen LogP contribution in [-0.4, -0.2) is 23.8 Å². The molecule has 2 amide bonds. The summed E-state index contributed by atoms with van der Waals surface area (Å²) in [4.78, 5) is 22.3. The van der Waals surface area contributed by atoms with Gasteiger partial charge in [0.2, 0.25) is 0 Å². The zero-order valence-corrected chi connectivity index (χ0v) is 12.8. The van der Waals surface area contributed by atoms with E-state index in [1.165, 1.54) is 0 Å². The number of ether oxygens (including phenoxy) is 1. The number of nitrogens with one attached hydrogen (secondary N) is 2. The molecule has 2 aromatic rings. The Bertz CT molecular complexity index is 671. The third-order valence-electron chi connectivity index (χ3n) is 2.85. The molecule has 7 heteroatoms. The standard InChI is InChI=1S/C16H15ClN2O4/c17-12-3-7-14(8-4-12)23-10-18-16(22)19-13-5-1-11(2-6-13)9-15(20)21/h1-8H,9-10H2,(H,20,21)(H2,18,19,22). The molecule has 120 valence electrons. The average molecular weight is 335 g/mol. The molecule has 2 rings (SSSR count). The Hall–Kier alpha value is -2.73. The Morgan fingerprint density at radius 1 is 1.04 bits per heavy atom. The van der Waals surface area contributed by atoms with Gasteiger partial charge in [0, 0.05) is 10.7 Å². The van der Waals surface area contributed by atoms with Crippen molar-refractivity contribution in [3.8, 4) is 5.75 Å². The minimum atomic E-state index is -0.900. The Kier molecular flexibility index (Phi) is 5.82. The van der Waals surface area contributed by atoms with E-state index in [1.54, 1.807) is 48.5 Å². The van der Waals surface area contributed by atoms with E-state index >= 15 is 0 Å². The van der Waals surface area contributed by atoms with E-state index in [-0.39, 0.29) is 13.2 Å². The molecular weight excluding hydrogens is 320 g/mol. The number of carbonyl (C=O) groups is 2. The number of amides is 2. The third kappa shape index (κ3) is 5.88. The molecule has 2 aromatic carbocycles. The summed E-state index contributed by atoms with van der Waals surface area (Å²) in [5, 5.41) is 14.5. The van der Waals surface area contributed by atoms with Gasteiger partial charge in [-0.15, -0.1) is 0 Å². The number of hydrogen-bond acceptors (Lipinski definition) is 3. The highest BCUT2D eigenvalue weighted by molar-refractivity contribution is 6.30. The average Bonchev–Trinajstić information content (AvgIpc) is 2.51. The maximum Gasteiger partial charge on any atom is 0.321 e. The Balaban J connectivity index is 1.76. The first kappa shape index (κ1) is 16.6. The summed E-state index contributed by atoms with van der Waals surface area (Å²) in [5.41, 5.74) is 1.22. The SMILES string of the molecule is O=C(O)Cc1ccc(NC(=O)NCOc2ccc(Cl)cc2)cc1. The second-order valence-corrected chi connectivity index (χ2v) is 5.08. The van der Waals surface area contributed by atoms with Crippen molar-refractivity contribution in [3.63, 3.8) is 0 Å². The first-order chi connectivity index (χ1) is 11.0. The molecule has 0 aromatic heterocycles. The molecular formula is C16H15ClN2O4. The van der Waals surface area contributed by atoms with Crippen molar-refractivity contribution in [2.24, 2.45) is 0 Å². The van der Waals surface area contributed by atoms with Crippen molar-refractivity contribution < 1.29 is 19.4 Å². The van der Waals surface area contributed by atoms with Crippen molar-refractivity contribution in [2.45, 2.75) is 6.42 Å². The maximum absolute atomic E-state index is 11.7. The van der Waals surface area contributed by atoms with Crippen LogP contribution in [-0.2, 0) is 11.2 Å². The van der Waals surface area contributed by atoms with E-state index in [9.17, 15) is 9.59 Å². The number of urea groups is 1. The molecule has 23 heavy (non-hydrogen) atoms. The predicted molar refractivity (Wildman–Crippen MR) is 86.9 cm³/mol. The van der Waals surface area contributed by atoms with Crippen LogP contribution < -0.4 is 15.4 Å². The number of carbonyl (C=O) groups excluding carboxylic acids is 1. The van der Waals surface area contributed by atoms with Crippen molar-refractivity contribution in [3.05, 3.63) is 59.1 Å². The molecule has 0 bridgehead atoms. The lowest BCUT2D eigenvalue weighted by Crippen LogP contribution is -2.31. The second-order valence-electron chi connectivity index (χ2n) is 4.64. The number of hydrogen-bond donors (Lipinski definition) is 3. The molecule has 0 aliphatic rings. The Morgan fingerprint density at radius 3 is 2.30 bits per heavy atom. The molecule has 0 saturated heterocycles. The van der Waals surface area contributed by atoms with Gasteiger partial charge in [0.05, 0.1) is 6.42 Å². The molecule has 0 atom stereocenters. The van der Waals surface area contributed by atoms with Crippen LogP contribution in [0.5, 0.6) is 5.75 Å². The number of halogens is 1. The summed E-state index contributed by atoms with van der Waals surface area (Å²) < 4.78 is 5.34. The van der Waals surface area contributed by atoms with Crippen LogP contribution in [0.3, 0.4) is 0 Å². The lowest BCUT2D eigenvalue weighted by atomic mass is 10.1. The largest absolute Gasteiger partial charge is 0.481 e. The fourth-order valence-electron chi connectivity index (χ4n) is 1.77. The highest BCUT2D eigenvalue weighted by Crippen LogP contribution is 2.15. The number of benzene rings is 2. The summed E-state index contributed by atoms with van der Waals surface area (Å²) in [6.45, 7) is 0.00453. The Labute approximate surface area is 138 Å². The van der Waals surface area contributed by atoms with Gasteiger partial charge in [0.1, 0.15) is 5.75 Å². The van der Waals surface area contributed by atoms with E-state index in [4.69, 9.17) is 21.4 Å². The molecule has 0 radical (unpaired) electrons. The number of carboxylic acids is 1. The molecule has 0 spiro atoms. The van der Waals surface area contributed by atoms with Gasteiger partial charge >= 0.3 is 12.0 Å². The zero-order chi connectivity index (χ0) is 16.7. The van der Waals surface area contributed by atoms with Gasteiger partial charge in [0.25, 0.3) is 0 Å². The van der Waals surface area contributed by atoms with E-state index < -0.39 is 12.0 Å². The van der Waals surface area contributed by atoms with E-state index in [0.29, 0.717) is 22.0 Å². The quantitative estimate of drug-likeness (QED) is 0.708. The number of carboxylic acid groups (broad SMARTS) is 1. The van der Waals surface area contributed by atoms with Gasteiger partial charge in [-0.05, 0) is 42.0 Å². The highest BCUT2D eigenvalue weighted by Gasteiger charge is 2.03. The van der Waals surface area contributed by atoms with Crippen LogP contribution >= 0.6 is 11.6 Å². The van der Waals surface area contributed by atoms with Gasteiger partial charge in [-0.3, -0.25) is 4.79 Å². The lowest BCUT2D eigenvalue weighted by Gasteiger charge is -2.09. The minimum Gasteiger partial charge on any atom is -0.481 e. The Morgan fingerprint density at radius 2 is 1.70 bits per heavy atom. The lowest BCUT2D eigenvalue weighted by molar-refractivity contribution is -0.136. The van der Waals surface area contributed by atoms with Crippen molar-refractivity contribution >= 4 is 29.3 Å². The molecule has 0 aliphatic heterocycles. The molecule has 0 fully saturated rings. The maximum atomic E-state index is 11.7. The van der Waals surface area contributed by atoms with Crippen LogP contribution in [0.2, 0.25) is 5.02 Å². The van der Waals surface area contributed by atoms with Gasteiger partial charge < -0.3 is 20.5 Å². The number of anilines is 1. The number of aliphatic carboxylic acids is 1. The predicted octanol–water partition coefficient (Wildman–Crippen LogP) is 3.13. The molecule has 0 aliphatic carbocycles. The van der Waals surface area contributed by atoms with Crippen LogP contribution in [0.1, 0.15) is 5.56 Å². The molecule has 0 heterocycles. The molecule has 0 saturated carbocycles. The van der Waals surface area contributed by atoms with Crippen LogP contribution in [0.15, 0.2) is 48.5 Å². The fraction of sp³-hybridized carbons (Fsp3) is 0.125. The summed E-state index contributed by atoms with van der Waals surface area (Å²) >= 11 is 5.76. The summed E-state index contributed by atoms with van der Waals surface area (Å²) in [6, 6.07) is 12.9. The minimum absolute atomic E-state index is 0.00453. The smallest absolute Gasteiger partial charge is 0.321 e.